The summed E-state index contributed by atoms with van der Waals surface area (Å²) in [7, 11) is 1.44. The monoisotopic (exact) mass is 341 g/mol. The van der Waals surface area contributed by atoms with Gasteiger partial charge in [0.15, 0.2) is 5.54 Å². The van der Waals surface area contributed by atoms with Crippen LogP contribution in [0.3, 0.4) is 0 Å². The maximum absolute atomic E-state index is 13.2. The number of carbonyl (C=O) groups is 2. The minimum atomic E-state index is -1.35. The Morgan fingerprint density at radius 2 is 2.08 bits per heavy atom. The van der Waals surface area contributed by atoms with E-state index in [-0.39, 0.29) is 12.2 Å². The molecule has 1 aromatic heterocycles. The SMILES string of the molecule is COCC1(C(=O)O)CCCN1C(=O)c1cncnc1-c1ccccc1. The van der Waals surface area contributed by atoms with Crippen molar-refractivity contribution in [2.45, 2.75) is 18.4 Å². The van der Waals surface area contributed by atoms with Gasteiger partial charge in [0.05, 0.1) is 17.9 Å². The van der Waals surface area contributed by atoms with Crippen LogP contribution >= 0.6 is 0 Å². The molecular weight excluding hydrogens is 322 g/mol. The average Bonchev–Trinajstić information content (AvgIpc) is 3.07. The standard InChI is InChI=1S/C18H19N3O4/c1-25-11-18(17(23)24)8-5-9-21(18)16(22)14-10-19-12-20-15(14)13-6-3-2-4-7-13/h2-4,6-7,10,12H,5,8-9,11H2,1H3,(H,23,24). The largest absolute Gasteiger partial charge is 0.479 e. The Kier molecular flexibility index (Phi) is 4.76. The van der Waals surface area contributed by atoms with Crippen LogP contribution in [0.25, 0.3) is 11.3 Å². The molecule has 7 heteroatoms. The molecule has 1 aliphatic rings. The van der Waals surface area contributed by atoms with Crippen molar-refractivity contribution >= 4 is 11.9 Å². The van der Waals surface area contributed by atoms with Crippen molar-refractivity contribution in [1.82, 2.24) is 14.9 Å². The van der Waals surface area contributed by atoms with Gasteiger partial charge in [-0.3, -0.25) is 4.79 Å². The minimum absolute atomic E-state index is 0.0531. The smallest absolute Gasteiger partial charge is 0.332 e. The number of hydrogen-bond donors (Lipinski definition) is 1. The number of ether oxygens (including phenoxy) is 1. The molecule has 130 valence electrons. The van der Waals surface area contributed by atoms with E-state index >= 15 is 0 Å². The summed E-state index contributed by atoms with van der Waals surface area (Å²) in [4.78, 5) is 34.7. The van der Waals surface area contributed by atoms with Gasteiger partial charge >= 0.3 is 5.97 Å². The minimum Gasteiger partial charge on any atom is -0.479 e. The summed E-state index contributed by atoms with van der Waals surface area (Å²) < 4.78 is 5.12. The summed E-state index contributed by atoms with van der Waals surface area (Å²) in [5, 5.41) is 9.74. The maximum Gasteiger partial charge on any atom is 0.332 e. The number of amides is 1. The van der Waals surface area contributed by atoms with Gasteiger partial charge in [-0.05, 0) is 12.8 Å². The normalized spacial score (nSPS) is 19.8. The highest BCUT2D eigenvalue weighted by atomic mass is 16.5. The Morgan fingerprint density at radius 3 is 2.76 bits per heavy atom. The van der Waals surface area contributed by atoms with Crippen LogP contribution in [0.5, 0.6) is 0 Å². The number of rotatable bonds is 5. The van der Waals surface area contributed by atoms with Crippen LogP contribution in [0, 0.1) is 0 Å². The third-order valence-corrected chi connectivity index (χ3v) is 4.51. The van der Waals surface area contributed by atoms with Crippen LogP contribution in [-0.2, 0) is 9.53 Å². The Morgan fingerprint density at radius 1 is 1.32 bits per heavy atom. The van der Waals surface area contributed by atoms with Crippen molar-refractivity contribution < 1.29 is 19.4 Å². The fraction of sp³-hybridized carbons (Fsp3) is 0.333. The van der Waals surface area contributed by atoms with Crippen molar-refractivity contribution in [2.75, 3.05) is 20.3 Å². The van der Waals surface area contributed by atoms with E-state index in [2.05, 4.69) is 9.97 Å². The van der Waals surface area contributed by atoms with Crippen LogP contribution in [0.2, 0.25) is 0 Å². The first-order valence-corrected chi connectivity index (χ1v) is 8.00. The van der Waals surface area contributed by atoms with Crippen molar-refractivity contribution in [3.05, 3.63) is 48.4 Å². The van der Waals surface area contributed by atoms with E-state index in [9.17, 15) is 14.7 Å². The molecule has 1 amide bonds. The predicted molar refractivity (Wildman–Crippen MR) is 90.0 cm³/mol. The van der Waals surface area contributed by atoms with Gasteiger partial charge in [0.2, 0.25) is 0 Å². The molecule has 7 nitrogen and oxygen atoms in total. The molecule has 0 aliphatic carbocycles. The zero-order chi connectivity index (χ0) is 17.9. The van der Waals surface area contributed by atoms with Crippen molar-refractivity contribution in [3.8, 4) is 11.3 Å². The molecule has 1 fully saturated rings. The first-order chi connectivity index (χ1) is 12.1. The summed E-state index contributed by atoms with van der Waals surface area (Å²) in [5.74, 6) is -1.45. The fourth-order valence-corrected chi connectivity index (χ4v) is 3.31. The quantitative estimate of drug-likeness (QED) is 0.892. The van der Waals surface area contributed by atoms with Crippen LogP contribution in [-0.4, -0.2) is 57.7 Å². The van der Waals surface area contributed by atoms with Gasteiger partial charge < -0.3 is 14.7 Å². The number of likely N-dealkylation sites (tertiary alicyclic amines) is 1. The van der Waals surface area contributed by atoms with Gasteiger partial charge in [-0.2, -0.15) is 0 Å². The third kappa shape index (κ3) is 2.98. The Bertz CT molecular complexity index is 781. The zero-order valence-electron chi connectivity index (χ0n) is 13.9. The molecule has 1 aliphatic heterocycles. The zero-order valence-corrected chi connectivity index (χ0v) is 13.9. The van der Waals surface area contributed by atoms with Crippen LogP contribution in [0.1, 0.15) is 23.2 Å². The topological polar surface area (TPSA) is 92.6 Å². The van der Waals surface area contributed by atoms with Crippen LogP contribution in [0.15, 0.2) is 42.9 Å². The molecule has 0 spiro atoms. The molecule has 0 bridgehead atoms. The highest BCUT2D eigenvalue weighted by Crippen LogP contribution is 2.33. The Labute approximate surface area is 145 Å². The van der Waals surface area contributed by atoms with Gasteiger partial charge in [0, 0.05) is 25.4 Å². The molecular formula is C18H19N3O4. The molecule has 2 aromatic rings. The molecule has 3 rings (SSSR count). The molecule has 1 N–H and O–H groups in total. The summed E-state index contributed by atoms with van der Waals surface area (Å²) in [6.45, 7) is 0.306. The second-order valence-electron chi connectivity index (χ2n) is 5.98. The highest BCUT2D eigenvalue weighted by Gasteiger charge is 2.50. The Hall–Kier alpha value is -2.80. The molecule has 1 unspecified atom stereocenters. The highest BCUT2D eigenvalue weighted by molar-refractivity contribution is 6.02. The van der Waals surface area contributed by atoms with E-state index in [1.807, 2.05) is 30.3 Å². The third-order valence-electron chi connectivity index (χ3n) is 4.51. The van der Waals surface area contributed by atoms with Crippen molar-refractivity contribution in [3.63, 3.8) is 0 Å². The summed E-state index contributed by atoms with van der Waals surface area (Å²) >= 11 is 0. The lowest BCUT2D eigenvalue weighted by Gasteiger charge is -2.34. The van der Waals surface area contributed by atoms with Gasteiger partial charge in [-0.15, -0.1) is 0 Å². The summed E-state index contributed by atoms with van der Waals surface area (Å²) in [5.41, 5.74) is 0.206. The van der Waals surface area contributed by atoms with E-state index in [0.717, 1.165) is 5.56 Å². The number of carbonyl (C=O) groups excluding carboxylic acids is 1. The van der Waals surface area contributed by atoms with E-state index < -0.39 is 17.4 Å². The van der Waals surface area contributed by atoms with E-state index in [0.29, 0.717) is 25.1 Å². The molecule has 1 atom stereocenters. The first kappa shape index (κ1) is 17.0. The molecule has 2 heterocycles. The number of methoxy groups -OCH3 is 1. The van der Waals surface area contributed by atoms with E-state index in [1.54, 1.807) is 0 Å². The second-order valence-corrected chi connectivity index (χ2v) is 5.98. The molecule has 25 heavy (non-hydrogen) atoms. The van der Waals surface area contributed by atoms with Crippen LogP contribution in [0.4, 0.5) is 0 Å². The van der Waals surface area contributed by atoms with E-state index in [4.69, 9.17) is 4.74 Å². The van der Waals surface area contributed by atoms with E-state index in [1.165, 1.54) is 24.5 Å². The lowest BCUT2D eigenvalue weighted by Crippen LogP contribution is -2.56. The van der Waals surface area contributed by atoms with Crippen molar-refractivity contribution in [1.29, 1.82) is 0 Å². The lowest BCUT2D eigenvalue weighted by atomic mass is 9.96. The molecule has 0 radical (unpaired) electrons. The summed E-state index contributed by atoms with van der Waals surface area (Å²) in [6.07, 6.45) is 3.78. The number of carboxylic acid groups (broad SMARTS) is 1. The van der Waals surface area contributed by atoms with Gasteiger partial charge in [-0.1, -0.05) is 30.3 Å². The Balaban J connectivity index is 2.03. The maximum atomic E-state index is 13.2. The molecule has 1 aromatic carbocycles. The van der Waals surface area contributed by atoms with Gasteiger partial charge in [0.1, 0.15) is 6.33 Å². The fourth-order valence-electron chi connectivity index (χ4n) is 3.31. The predicted octanol–water partition coefficient (Wildman–Crippen LogP) is 1.85. The summed E-state index contributed by atoms with van der Waals surface area (Å²) in [6, 6.07) is 9.29. The second kappa shape index (κ2) is 6.98. The number of aliphatic carboxylic acids is 1. The number of benzene rings is 1. The lowest BCUT2D eigenvalue weighted by molar-refractivity contribution is -0.151. The van der Waals surface area contributed by atoms with Gasteiger partial charge in [-0.25, -0.2) is 14.8 Å². The first-order valence-electron chi connectivity index (χ1n) is 8.00. The molecule has 0 saturated carbocycles. The number of nitrogens with zero attached hydrogens (tertiary/aromatic N) is 3. The average molecular weight is 341 g/mol. The molecule has 1 saturated heterocycles. The van der Waals surface area contributed by atoms with Crippen LogP contribution < -0.4 is 0 Å². The number of hydrogen-bond acceptors (Lipinski definition) is 5. The van der Waals surface area contributed by atoms with Gasteiger partial charge in [0.25, 0.3) is 5.91 Å². The number of aromatic nitrogens is 2. The number of carboxylic acids is 1. The van der Waals surface area contributed by atoms with Crippen molar-refractivity contribution in [2.24, 2.45) is 0 Å².